The van der Waals surface area contributed by atoms with Crippen LogP contribution in [-0.4, -0.2) is 22.8 Å². The number of nitrogens with one attached hydrogen (secondary N) is 1. The van der Waals surface area contributed by atoms with Gasteiger partial charge in [-0.05, 0) is 24.6 Å². The van der Waals surface area contributed by atoms with Crippen LogP contribution in [0.3, 0.4) is 0 Å². The van der Waals surface area contributed by atoms with Gasteiger partial charge < -0.3 is 15.0 Å². The Morgan fingerprint density at radius 1 is 1.31 bits per heavy atom. The minimum absolute atomic E-state index is 0.253. The van der Waals surface area contributed by atoms with Gasteiger partial charge in [-0.25, -0.2) is 0 Å². The molecule has 2 rings (SSSR count). The second-order valence-electron chi connectivity index (χ2n) is 4.04. The Hall–Kier alpha value is -1.32. The molecule has 0 bridgehead atoms. The number of aryl methyl sites for hydroxylation is 1. The standard InChI is InChI=1S/C13H18N2O/c1-15-10-11(9-14-7-4-8-16)12-5-2-3-6-13(12)15/h2-3,5-6,10,14,16H,4,7-9H2,1H3. The third-order valence-electron chi connectivity index (χ3n) is 2.81. The van der Waals surface area contributed by atoms with Crippen LogP contribution in [0.5, 0.6) is 0 Å². The van der Waals surface area contributed by atoms with Crippen LogP contribution in [0.1, 0.15) is 12.0 Å². The molecule has 0 unspecified atom stereocenters. The minimum Gasteiger partial charge on any atom is -0.396 e. The van der Waals surface area contributed by atoms with Gasteiger partial charge in [-0.3, -0.25) is 0 Å². The van der Waals surface area contributed by atoms with E-state index < -0.39 is 0 Å². The molecule has 0 amide bonds. The molecule has 0 saturated carbocycles. The molecule has 0 radical (unpaired) electrons. The van der Waals surface area contributed by atoms with E-state index >= 15 is 0 Å². The fraction of sp³-hybridized carbons (Fsp3) is 0.385. The van der Waals surface area contributed by atoms with Gasteiger partial charge in [0.2, 0.25) is 0 Å². The Kier molecular flexibility index (Phi) is 3.59. The first-order valence-corrected chi connectivity index (χ1v) is 5.67. The van der Waals surface area contributed by atoms with E-state index in [-0.39, 0.29) is 6.61 Å². The molecule has 0 saturated heterocycles. The lowest BCUT2D eigenvalue weighted by Gasteiger charge is -2.01. The first-order chi connectivity index (χ1) is 7.83. The van der Waals surface area contributed by atoms with E-state index in [0.717, 1.165) is 19.5 Å². The first kappa shape index (κ1) is 11.2. The normalized spacial score (nSPS) is 11.1. The number of fused-ring (bicyclic) bond motifs is 1. The van der Waals surface area contributed by atoms with E-state index in [1.54, 1.807) is 0 Å². The van der Waals surface area contributed by atoms with Crippen LogP contribution in [0.25, 0.3) is 10.9 Å². The molecule has 1 aromatic heterocycles. The molecule has 1 aromatic carbocycles. The Bertz CT molecular complexity index is 462. The zero-order valence-corrected chi connectivity index (χ0v) is 9.61. The van der Waals surface area contributed by atoms with E-state index in [1.807, 2.05) is 0 Å². The van der Waals surface area contributed by atoms with E-state index in [1.165, 1.54) is 16.5 Å². The van der Waals surface area contributed by atoms with E-state index in [4.69, 9.17) is 5.11 Å². The summed E-state index contributed by atoms with van der Waals surface area (Å²) in [4.78, 5) is 0. The summed E-state index contributed by atoms with van der Waals surface area (Å²) in [7, 11) is 2.07. The highest BCUT2D eigenvalue weighted by molar-refractivity contribution is 5.83. The van der Waals surface area contributed by atoms with Crippen molar-refractivity contribution in [3.8, 4) is 0 Å². The Morgan fingerprint density at radius 2 is 2.12 bits per heavy atom. The first-order valence-electron chi connectivity index (χ1n) is 5.67. The summed E-state index contributed by atoms with van der Waals surface area (Å²) in [6.45, 7) is 1.98. The maximum absolute atomic E-state index is 8.70. The van der Waals surface area contributed by atoms with E-state index in [0.29, 0.717) is 0 Å². The molecule has 0 spiro atoms. The predicted molar refractivity (Wildman–Crippen MR) is 66.3 cm³/mol. The second-order valence-corrected chi connectivity index (χ2v) is 4.04. The maximum Gasteiger partial charge on any atom is 0.0481 e. The van der Waals surface area contributed by atoms with Crippen molar-refractivity contribution < 1.29 is 5.11 Å². The molecule has 16 heavy (non-hydrogen) atoms. The molecule has 3 nitrogen and oxygen atoms in total. The smallest absolute Gasteiger partial charge is 0.0481 e. The molecule has 86 valence electrons. The van der Waals surface area contributed by atoms with Crippen LogP contribution in [0.2, 0.25) is 0 Å². The Morgan fingerprint density at radius 3 is 2.94 bits per heavy atom. The molecule has 0 atom stereocenters. The largest absolute Gasteiger partial charge is 0.396 e. The zero-order valence-electron chi connectivity index (χ0n) is 9.61. The van der Waals surface area contributed by atoms with Gasteiger partial charge in [0.05, 0.1) is 0 Å². The Labute approximate surface area is 95.7 Å². The summed E-state index contributed by atoms with van der Waals surface area (Å²) < 4.78 is 2.15. The monoisotopic (exact) mass is 218 g/mol. The van der Waals surface area contributed by atoms with Crippen molar-refractivity contribution in [1.82, 2.24) is 9.88 Å². The van der Waals surface area contributed by atoms with E-state index in [2.05, 4.69) is 47.4 Å². The third-order valence-corrected chi connectivity index (χ3v) is 2.81. The molecule has 0 aliphatic carbocycles. The lowest BCUT2D eigenvalue weighted by atomic mass is 10.2. The van der Waals surface area contributed by atoms with Gasteiger partial charge in [-0.2, -0.15) is 0 Å². The molecular weight excluding hydrogens is 200 g/mol. The van der Waals surface area contributed by atoms with Crippen LogP contribution < -0.4 is 5.32 Å². The highest BCUT2D eigenvalue weighted by Crippen LogP contribution is 2.19. The number of rotatable bonds is 5. The van der Waals surface area contributed by atoms with Crippen molar-refractivity contribution in [1.29, 1.82) is 0 Å². The Balaban J connectivity index is 2.12. The van der Waals surface area contributed by atoms with Crippen molar-refractivity contribution in [3.05, 3.63) is 36.0 Å². The quantitative estimate of drug-likeness (QED) is 0.749. The number of aromatic nitrogens is 1. The van der Waals surface area contributed by atoms with Gasteiger partial charge >= 0.3 is 0 Å². The molecule has 0 aliphatic rings. The number of hydrogen-bond donors (Lipinski definition) is 2. The number of nitrogens with zero attached hydrogens (tertiary/aromatic N) is 1. The van der Waals surface area contributed by atoms with Crippen LogP contribution in [0.15, 0.2) is 30.5 Å². The fourth-order valence-electron chi connectivity index (χ4n) is 1.99. The van der Waals surface area contributed by atoms with Gasteiger partial charge in [0.1, 0.15) is 0 Å². The lowest BCUT2D eigenvalue weighted by Crippen LogP contribution is -2.15. The molecule has 0 aliphatic heterocycles. The molecule has 1 heterocycles. The van der Waals surface area contributed by atoms with Crippen molar-refractivity contribution in [2.45, 2.75) is 13.0 Å². The summed E-state index contributed by atoms with van der Waals surface area (Å²) in [6.07, 6.45) is 2.97. The number of benzene rings is 1. The topological polar surface area (TPSA) is 37.2 Å². The van der Waals surface area contributed by atoms with Crippen molar-refractivity contribution in [2.24, 2.45) is 7.05 Å². The summed E-state index contributed by atoms with van der Waals surface area (Å²) >= 11 is 0. The van der Waals surface area contributed by atoms with Crippen molar-refractivity contribution in [2.75, 3.05) is 13.2 Å². The molecular formula is C13H18N2O. The number of hydrogen-bond acceptors (Lipinski definition) is 2. The number of para-hydroxylation sites is 1. The third kappa shape index (κ3) is 2.26. The van der Waals surface area contributed by atoms with Crippen molar-refractivity contribution >= 4 is 10.9 Å². The average Bonchev–Trinajstić information content (AvgIpc) is 2.63. The van der Waals surface area contributed by atoms with Crippen LogP contribution >= 0.6 is 0 Å². The molecule has 3 heteroatoms. The SMILES string of the molecule is Cn1cc(CNCCCO)c2ccccc21. The summed E-state index contributed by atoms with van der Waals surface area (Å²) in [5.41, 5.74) is 2.58. The molecule has 0 fully saturated rings. The maximum atomic E-state index is 8.70. The summed E-state index contributed by atoms with van der Waals surface area (Å²) in [5, 5.41) is 13.3. The second kappa shape index (κ2) is 5.14. The number of aliphatic hydroxyl groups is 1. The van der Waals surface area contributed by atoms with Crippen LogP contribution in [0.4, 0.5) is 0 Å². The van der Waals surface area contributed by atoms with Gasteiger partial charge in [0.25, 0.3) is 0 Å². The minimum atomic E-state index is 0.253. The summed E-state index contributed by atoms with van der Waals surface area (Å²) in [5.74, 6) is 0. The molecule has 2 N–H and O–H groups in total. The molecule has 2 aromatic rings. The highest BCUT2D eigenvalue weighted by Gasteiger charge is 2.04. The van der Waals surface area contributed by atoms with Crippen LogP contribution in [-0.2, 0) is 13.6 Å². The van der Waals surface area contributed by atoms with Gasteiger partial charge in [0, 0.05) is 37.3 Å². The van der Waals surface area contributed by atoms with Gasteiger partial charge in [-0.1, -0.05) is 18.2 Å². The fourth-order valence-corrected chi connectivity index (χ4v) is 1.99. The van der Waals surface area contributed by atoms with Gasteiger partial charge in [-0.15, -0.1) is 0 Å². The van der Waals surface area contributed by atoms with Crippen LogP contribution in [0, 0.1) is 0 Å². The lowest BCUT2D eigenvalue weighted by molar-refractivity contribution is 0.286. The summed E-state index contributed by atoms with van der Waals surface area (Å²) in [6, 6.07) is 8.41. The number of aliphatic hydroxyl groups excluding tert-OH is 1. The predicted octanol–water partition coefficient (Wildman–Crippen LogP) is 1.65. The van der Waals surface area contributed by atoms with Crippen molar-refractivity contribution in [3.63, 3.8) is 0 Å². The average molecular weight is 218 g/mol. The highest BCUT2D eigenvalue weighted by atomic mass is 16.3. The van der Waals surface area contributed by atoms with Gasteiger partial charge in [0.15, 0.2) is 0 Å². The van der Waals surface area contributed by atoms with E-state index in [9.17, 15) is 0 Å². The zero-order chi connectivity index (χ0) is 11.4.